The Hall–Kier alpha value is -1.89. The second-order valence-corrected chi connectivity index (χ2v) is 8.74. The minimum absolute atomic E-state index is 0.0414. The van der Waals surface area contributed by atoms with Crippen LogP contribution in [-0.2, 0) is 23.0 Å². The number of carbonyl (C=O) groups is 1. The van der Waals surface area contributed by atoms with Gasteiger partial charge in [0.1, 0.15) is 11.4 Å². The highest BCUT2D eigenvalue weighted by Gasteiger charge is 2.19. The molecular formula is C17H25N3O3S. The van der Waals surface area contributed by atoms with Gasteiger partial charge in [-0.05, 0) is 27.2 Å². The maximum atomic E-state index is 11.7. The first kappa shape index (κ1) is 18.4. The lowest BCUT2D eigenvalue weighted by Gasteiger charge is -2.18. The second-order valence-electron chi connectivity index (χ2n) is 7.63. The number of hydrogen-bond acceptors (Lipinski definition) is 6. The van der Waals surface area contributed by atoms with Crippen LogP contribution in [0.5, 0.6) is 0 Å². The molecular weight excluding hydrogens is 326 g/mol. The van der Waals surface area contributed by atoms with Crippen LogP contribution in [0.25, 0.3) is 0 Å². The largest absolute Gasteiger partial charge is 0.445 e. The molecule has 0 bridgehead atoms. The molecule has 0 unspecified atom stereocenters. The summed E-state index contributed by atoms with van der Waals surface area (Å²) in [6.45, 7) is 11.7. The van der Waals surface area contributed by atoms with Crippen LogP contribution in [0.3, 0.4) is 0 Å². The fourth-order valence-electron chi connectivity index (χ4n) is 1.87. The molecule has 0 saturated carbocycles. The predicted molar refractivity (Wildman–Crippen MR) is 94.6 cm³/mol. The van der Waals surface area contributed by atoms with Gasteiger partial charge in [-0.2, -0.15) is 0 Å². The van der Waals surface area contributed by atoms with Gasteiger partial charge < -0.3 is 9.15 Å². The van der Waals surface area contributed by atoms with Crippen molar-refractivity contribution in [1.29, 1.82) is 0 Å². The summed E-state index contributed by atoms with van der Waals surface area (Å²) in [7, 11) is 0. The van der Waals surface area contributed by atoms with Crippen LogP contribution < -0.4 is 5.32 Å². The Morgan fingerprint density at radius 2 is 1.88 bits per heavy atom. The Labute approximate surface area is 146 Å². The van der Waals surface area contributed by atoms with Gasteiger partial charge in [0, 0.05) is 22.9 Å². The molecule has 0 fully saturated rings. The maximum absolute atomic E-state index is 11.7. The fraction of sp³-hybridized carbons (Fsp3) is 0.588. The number of nitrogens with zero attached hydrogens (tertiary/aromatic N) is 2. The van der Waals surface area contributed by atoms with Gasteiger partial charge in [-0.15, -0.1) is 11.3 Å². The molecule has 2 aromatic heterocycles. The van der Waals surface area contributed by atoms with E-state index in [0.717, 1.165) is 22.9 Å². The van der Waals surface area contributed by atoms with Crippen molar-refractivity contribution in [3.05, 3.63) is 28.9 Å². The summed E-state index contributed by atoms with van der Waals surface area (Å²) >= 11 is 1.43. The zero-order valence-electron chi connectivity index (χ0n) is 15.1. The molecule has 2 heterocycles. The first-order valence-corrected chi connectivity index (χ1v) is 8.74. The van der Waals surface area contributed by atoms with E-state index in [1.807, 2.05) is 20.8 Å². The van der Waals surface area contributed by atoms with Gasteiger partial charge in [0.2, 0.25) is 0 Å². The van der Waals surface area contributed by atoms with Crippen molar-refractivity contribution in [3.8, 4) is 0 Å². The molecule has 2 rings (SSSR count). The number of amides is 1. The Balaban J connectivity index is 1.88. The number of aryl methyl sites for hydroxylation is 2. The number of aromatic nitrogens is 2. The zero-order chi connectivity index (χ0) is 18.0. The summed E-state index contributed by atoms with van der Waals surface area (Å²) in [5.74, 6) is 1.60. The Morgan fingerprint density at radius 3 is 2.46 bits per heavy atom. The molecule has 0 radical (unpaired) electrons. The van der Waals surface area contributed by atoms with Gasteiger partial charge in [-0.1, -0.05) is 20.8 Å². The molecule has 0 aliphatic rings. The monoisotopic (exact) mass is 351 g/mol. The van der Waals surface area contributed by atoms with Crippen LogP contribution >= 0.6 is 11.3 Å². The average Bonchev–Trinajstić information content (AvgIpc) is 3.01. The second kappa shape index (κ2) is 6.93. The van der Waals surface area contributed by atoms with E-state index < -0.39 is 11.7 Å². The van der Waals surface area contributed by atoms with Gasteiger partial charge in [-0.25, -0.2) is 14.8 Å². The van der Waals surface area contributed by atoms with Gasteiger partial charge >= 0.3 is 6.09 Å². The van der Waals surface area contributed by atoms with Crippen LogP contribution in [0.2, 0.25) is 0 Å². The molecule has 0 aliphatic heterocycles. The lowest BCUT2D eigenvalue weighted by Crippen LogP contribution is -2.27. The Bertz CT molecular complexity index is 692. The van der Waals surface area contributed by atoms with E-state index in [2.05, 4.69) is 36.1 Å². The van der Waals surface area contributed by atoms with Gasteiger partial charge in [0.25, 0.3) is 0 Å². The number of carbonyl (C=O) groups excluding carboxylic acids is 1. The van der Waals surface area contributed by atoms with Crippen LogP contribution in [0.4, 0.5) is 9.93 Å². The molecule has 132 valence electrons. The van der Waals surface area contributed by atoms with Crippen molar-refractivity contribution >= 4 is 22.6 Å². The van der Waals surface area contributed by atoms with Gasteiger partial charge in [0.05, 0.1) is 6.20 Å². The van der Waals surface area contributed by atoms with E-state index in [4.69, 9.17) is 9.15 Å². The van der Waals surface area contributed by atoms with Crippen LogP contribution in [0.1, 0.15) is 58.1 Å². The zero-order valence-corrected chi connectivity index (χ0v) is 15.9. The van der Waals surface area contributed by atoms with Crippen molar-refractivity contribution in [2.24, 2.45) is 0 Å². The lowest BCUT2D eigenvalue weighted by atomic mass is 9.94. The number of oxazole rings is 1. The Morgan fingerprint density at radius 1 is 1.17 bits per heavy atom. The highest BCUT2D eigenvalue weighted by molar-refractivity contribution is 7.15. The summed E-state index contributed by atoms with van der Waals surface area (Å²) in [4.78, 5) is 21.3. The number of hydrogen-bond donors (Lipinski definition) is 1. The molecule has 1 amide bonds. The van der Waals surface area contributed by atoms with Crippen molar-refractivity contribution in [1.82, 2.24) is 9.97 Å². The molecule has 2 aromatic rings. The molecule has 1 N–H and O–H groups in total. The normalized spacial score (nSPS) is 12.2. The SMILES string of the molecule is CC(C)(C)OC(=O)Nc1ncc(CCc2ncc(C(C)(C)C)o2)s1. The summed E-state index contributed by atoms with van der Waals surface area (Å²) in [6.07, 6.45) is 4.51. The van der Waals surface area contributed by atoms with E-state index in [1.165, 1.54) is 11.3 Å². The molecule has 7 heteroatoms. The molecule has 0 atom stereocenters. The molecule has 0 saturated heterocycles. The first-order chi connectivity index (χ1) is 11.0. The Kier molecular flexibility index (Phi) is 5.32. The quantitative estimate of drug-likeness (QED) is 0.873. The minimum Gasteiger partial charge on any atom is -0.445 e. The van der Waals surface area contributed by atoms with Crippen LogP contribution in [0.15, 0.2) is 16.8 Å². The van der Waals surface area contributed by atoms with E-state index in [-0.39, 0.29) is 5.41 Å². The number of anilines is 1. The topological polar surface area (TPSA) is 77.2 Å². The van der Waals surface area contributed by atoms with Crippen LogP contribution in [-0.4, -0.2) is 21.7 Å². The van der Waals surface area contributed by atoms with E-state index in [0.29, 0.717) is 11.6 Å². The summed E-state index contributed by atoms with van der Waals surface area (Å²) in [6, 6.07) is 0. The molecule has 0 aliphatic carbocycles. The minimum atomic E-state index is -0.528. The highest BCUT2D eigenvalue weighted by Crippen LogP contribution is 2.24. The number of ether oxygens (including phenoxy) is 1. The lowest BCUT2D eigenvalue weighted by molar-refractivity contribution is 0.0636. The fourth-order valence-corrected chi connectivity index (χ4v) is 2.67. The number of rotatable bonds is 4. The highest BCUT2D eigenvalue weighted by atomic mass is 32.1. The van der Waals surface area contributed by atoms with Gasteiger partial charge in [0.15, 0.2) is 11.0 Å². The number of thiazole rings is 1. The molecule has 24 heavy (non-hydrogen) atoms. The maximum Gasteiger partial charge on any atom is 0.413 e. The average molecular weight is 351 g/mol. The van der Waals surface area contributed by atoms with Crippen molar-refractivity contribution in [2.75, 3.05) is 5.32 Å². The smallest absolute Gasteiger partial charge is 0.413 e. The van der Waals surface area contributed by atoms with Crippen molar-refractivity contribution in [2.45, 2.75) is 65.4 Å². The molecule has 0 aromatic carbocycles. The van der Waals surface area contributed by atoms with E-state index in [1.54, 1.807) is 12.4 Å². The predicted octanol–water partition coefficient (Wildman–Crippen LogP) is 4.56. The van der Waals surface area contributed by atoms with Crippen molar-refractivity contribution in [3.63, 3.8) is 0 Å². The standard InChI is InChI=1S/C17H25N3O3S/c1-16(2,3)12-10-18-13(22-12)8-7-11-9-19-14(24-11)20-15(21)23-17(4,5)6/h9-10H,7-8H2,1-6H3,(H,19,20,21). The summed E-state index contributed by atoms with van der Waals surface area (Å²) in [5, 5.41) is 3.18. The third-order valence-corrected chi connectivity index (χ3v) is 4.01. The molecule has 0 spiro atoms. The van der Waals surface area contributed by atoms with E-state index in [9.17, 15) is 4.79 Å². The summed E-state index contributed by atoms with van der Waals surface area (Å²) < 4.78 is 11.0. The third kappa shape index (κ3) is 5.63. The van der Waals surface area contributed by atoms with Crippen molar-refractivity contribution < 1.29 is 13.9 Å². The van der Waals surface area contributed by atoms with Crippen LogP contribution in [0, 0.1) is 0 Å². The summed E-state index contributed by atoms with van der Waals surface area (Å²) in [5.41, 5.74) is -0.569. The number of nitrogens with one attached hydrogen (secondary N) is 1. The van der Waals surface area contributed by atoms with Gasteiger partial charge in [-0.3, -0.25) is 5.32 Å². The third-order valence-electron chi connectivity index (χ3n) is 3.04. The van der Waals surface area contributed by atoms with E-state index >= 15 is 0 Å². The first-order valence-electron chi connectivity index (χ1n) is 7.93. The molecule has 6 nitrogen and oxygen atoms in total.